The van der Waals surface area contributed by atoms with Gasteiger partial charge in [0.25, 0.3) is 0 Å². The molecule has 0 amide bonds. The van der Waals surface area contributed by atoms with Crippen LogP contribution in [0.25, 0.3) is 0 Å². The predicted molar refractivity (Wildman–Crippen MR) is 150 cm³/mol. The van der Waals surface area contributed by atoms with E-state index in [4.69, 9.17) is 0 Å². The van der Waals surface area contributed by atoms with Gasteiger partial charge in [0.1, 0.15) is 0 Å². The molecule has 0 fully saturated rings. The highest BCUT2D eigenvalue weighted by Gasteiger charge is 2.12. The third-order valence-corrected chi connectivity index (χ3v) is 7.68. The van der Waals surface area contributed by atoms with Gasteiger partial charge in [-0.1, -0.05) is 161 Å². The summed E-state index contributed by atoms with van der Waals surface area (Å²) in [4.78, 5) is 0. The van der Waals surface area contributed by atoms with Crippen LogP contribution in [0.3, 0.4) is 0 Å². The molecule has 3 nitrogen and oxygen atoms in total. The molecule has 0 aliphatic heterocycles. The second-order valence-electron chi connectivity index (χ2n) is 11.1. The van der Waals surface area contributed by atoms with Crippen LogP contribution in [-0.2, 0) is 13.0 Å². The topological polar surface area (TPSA) is 30.7 Å². The van der Waals surface area contributed by atoms with E-state index in [0.717, 1.165) is 24.8 Å². The van der Waals surface area contributed by atoms with Crippen molar-refractivity contribution in [2.45, 2.75) is 175 Å². The molecule has 2 atom stereocenters. The van der Waals surface area contributed by atoms with Crippen molar-refractivity contribution in [1.29, 1.82) is 0 Å². The van der Waals surface area contributed by atoms with E-state index in [2.05, 4.69) is 48.9 Å². The fraction of sp³-hybridized carbons (Fsp3) is 0.935. The number of aromatic nitrogens is 3. The Kier molecular flexibility index (Phi) is 20.7. The molecule has 34 heavy (non-hydrogen) atoms. The number of aryl methyl sites for hydroxylation is 1. The van der Waals surface area contributed by atoms with Gasteiger partial charge in [-0.05, 0) is 24.7 Å². The fourth-order valence-corrected chi connectivity index (χ4v) is 5.49. The van der Waals surface area contributed by atoms with E-state index in [1.54, 1.807) is 0 Å². The Morgan fingerprint density at radius 1 is 0.559 bits per heavy atom. The molecule has 1 heterocycles. The van der Waals surface area contributed by atoms with Gasteiger partial charge in [-0.2, -0.15) is 0 Å². The van der Waals surface area contributed by atoms with E-state index in [0.29, 0.717) is 0 Å². The molecule has 0 saturated heterocycles. The summed E-state index contributed by atoms with van der Waals surface area (Å²) < 4.78 is 2.12. The first kappa shape index (κ1) is 31.2. The summed E-state index contributed by atoms with van der Waals surface area (Å²) in [5, 5.41) is 9.00. The molecule has 1 aromatic rings. The zero-order valence-corrected chi connectivity index (χ0v) is 23.8. The summed E-state index contributed by atoms with van der Waals surface area (Å²) in [6.45, 7) is 10.3. The fourth-order valence-electron chi connectivity index (χ4n) is 5.49. The maximum absolute atomic E-state index is 4.53. The van der Waals surface area contributed by atoms with Gasteiger partial charge in [-0.15, -0.1) is 5.10 Å². The molecule has 200 valence electrons. The first-order valence-electron chi connectivity index (χ1n) is 15.6. The number of unbranched alkanes of at least 4 members (excludes halogenated alkanes) is 11. The van der Waals surface area contributed by atoms with Crippen LogP contribution in [0, 0.1) is 11.8 Å². The summed E-state index contributed by atoms with van der Waals surface area (Å²) in [6.07, 6.45) is 32.5. The maximum Gasteiger partial charge on any atom is 0.0829 e. The Balaban J connectivity index is 2.33. The first-order chi connectivity index (χ1) is 16.7. The standard InChI is InChI=1S/C31H61N3/c1-5-9-12-15-18-23-29(22-16-13-10-6-2)24-19-20-26-34-28-31(32-33-34)27-30(21-8-4)25-17-14-11-7-3/h28-30H,5-27H2,1-4H3. The van der Waals surface area contributed by atoms with Crippen molar-refractivity contribution in [3.63, 3.8) is 0 Å². The summed E-state index contributed by atoms with van der Waals surface area (Å²) in [6, 6.07) is 0. The first-order valence-corrected chi connectivity index (χ1v) is 15.6. The van der Waals surface area contributed by atoms with Gasteiger partial charge in [0, 0.05) is 12.7 Å². The smallest absolute Gasteiger partial charge is 0.0829 e. The Hall–Kier alpha value is -0.860. The quantitative estimate of drug-likeness (QED) is 0.132. The van der Waals surface area contributed by atoms with Crippen LogP contribution in [0.2, 0.25) is 0 Å². The third kappa shape index (κ3) is 16.7. The van der Waals surface area contributed by atoms with Crippen LogP contribution in [0.5, 0.6) is 0 Å². The average molecular weight is 476 g/mol. The maximum atomic E-state index is 4.53. The molecular formula is C31H61N3. The molecule has 1 aromatic heterocycles. The van der Waals surface area contributed by atoms with Gasteiger partial charge in [-0.3, -0.25) is 4.68 Å². The van der Waals surface area contributed by atoms with Gasteiger partial charge in [0.05, 0.1) is 5.69 Å². The van der Waals surface area contributed by atoms with Crippen molar-refractivity contribution in [1.82, 2.24) is 15.0 Å². The minimum atomic E-state index is 0.790. The summed E-state index contributed by atoms with van der Waals surface area (Å²) in [7, 11) is 0. The molecule has 0 aromatic carbocycles. The lowest BCUT2D eigenvalue weighted by Crippen LogP contribution is -2.05. The minimum absolute atomic E-state index is 0.790. The largest absolute Gasteiger partial charge is 0.252 e. The van der Waals surface area contributed by atoms with E-state index in [1.165, 1.54) is 141 Å². The average Bonchev–Trinajstić information content (AvgIpc) is 3.28. The Morgan fingerprint density at radius 3 is 1.62 bits per heavy atom. The number of hydrogen-bond acceptors (Lipinski definition) is 2. The van der Waals surface area contributed by atoms with Gasteiger partial charge in [0.2, 0.25) is 0 Å². The van der Waals surface area contributed by atoms with Crippen LogP contribution < -0.4 is 0 Å². The van der Waals surface area contributed by atoms with Gasteiger partial charge in [0.15, 0.2) is 0 Å². The van der Waals surface area contributed by atoms with Crippen LogP contribution >= 0.6 is 0 Å². The molecule has 0 bridgehead atoms. The lowest BCUT2D eigenvalue weighted by molar-refractivity contribution is 0.363. The Labute approximate surface area is 214 Å². The highest BCUT2D eigenvalue weighted by Crippen LogP contribution is 2.24. The number of hydrogen-bond donors (Lipinski definition) is 0. The highest BCUT2D eigenvalue weighted by atomic mass is 15.4. The molecule has 0 spiro atoms. The second-order valence-corrected chi connectivity index (χ2v) is 11.1. The number of nitrogens with zero attached hydrogens (tertiary/aromatic N) is 3. The van der Waals surface area contributed by atoms with E-state index in [1.807, 2.05) is 0 Å². The van der Waals surface area contributed by atoms with Crippen LogP contribution in [0.1, 0.15) is 168 Å². The van der Waals surface area contributed by atoms with Crippen molar-refractivity contribution >= 4 is 0 Å². The van der Waals surface area contributed by atoms with Crippen LogP contribution in [0.15, 0.2) is 6.20 Å². The van der Waals surface area contributed by atoms with E-state index < -0.39 is 0 Å². The third-order valence-electron chi connectivity index (χ3n) is 7.68. The van der Waals surface area contributed by atoms with Crippen molar-refractivity contribution < 1.29 is 0 Å². The lowest BCUT2D eigenvalue weighted by atomic mass is 9.90. The molecule has 2 unspecified atom stereocenters. The lowest BCUT2D eigenvalue weighted by Gasteiger charge is -2.17. The van der Waals surface area contributed by atoms with Crippen molar-refractivity contribution in [2.24, 2.45) is 11.8 Å². The molecule has 0 aliphatic rings. The zero-order valence-electron chi connectivity index (χ0n) is 23.8. The van der Waals surface area contributed by atoms with Gasteiger partial charge in [-0.25, -0.2) is 0 Å². The summed E-state index contributed by atoms with van der Waals surface area (Å²) >= 11 is 0. The van der Waals surface area contributed by atoms with Gasteiger partial charge >= 0.3 is 0 Å². The van der Waals surface area contributed by atoms with Crippen molar-refractivity contribution in [3.05, 3.63) is 11.9 Å². The number of rotatable bonds is 25. The van der Waals surface area contributed by atoms with Crippen LogP contribution in [-0.4, -0.2) is 15.0 Å². The summed E-state index contributed by atoms with van der Waals surface area (Å²) in [5.41, 5.74) is 1.22. The van der Waals surface area contributed by atoms with Crippen molar-refractivity contribution in [3.8, 4) is 0 Å². The van der Waals surface area contributed by atoms with E-state index >= 15 is 0 Å². The highest BCUT2D eigenvalue weighted by molar-refractivity contribution is 4.94. The molecule has 1 rings (SSSR count). The molecule has 0 saturated carbocycles. The normalized spacial score (nSPS) is 13.4. The predicted octanol–water partition coefficient (Wildman–Crippen LogP) is 10.3. The zero-order chi connectivity index (χ0) is 24.7. The molecule has 0 aliphatic carbocycles. The Bertz CT molecular complexity index is 539. The van der Waals surface area contributed by atoms with E-state index in [-0.39, 0.29) is 0 Å². The minimum Gasteiger partial charge on any atom is -0.252 e. The van der Waals surface area contributed by atoms with E-state index in [9.17, 15) is 0 Å². The Morgan fingerprint density at radius 2 is 1.06 bits per heavy atom. The summed E-state index contributed by atoms with van der Waals surface area (Å²) in [5.74, 6) is 1.74. The monoisotopic (exact) mass is 475 g/mol. The second kappa shape index (κ2) is 22.6. The molecule has 0 radical (unpaired) electrons. The SMILES string of the molecule is CCCCCCCC(CCCCCC)CCCCn1cc(CC(CCC)CCCCCC)nn1. The molecule has 0 N–H and O–H groups in total. The molecular weight excluding hydrogens is 414 g/mol. The van der Waals surface area contributed by atoms with Crippen molar-refractivity contribution in [2.75, 3.05) is 0 Å². The molecule has 3 heteroatoms. The van der Waals surface area contributed by atoms with Gasteiger partial charge < -0.3 is 0 Å². The van der Waals surface area contributed by atoms with Crippen LogP contribution in [0.4, 0.5) is 0 Å².